The Balaban J connectivity index is 1.67. The monoisotopic (exact) mass is 474 g/mol. The fraction of sp³-hybridized carbons (Fsp3) is 0.458. The average Bonchev–Trinajstić information content (AvgIpc) is 3.31. The lowest BCUT2D eigenvalue weighted by molar-refractivity contribution is -0.121. The highest BCUT2D eigenvalue weighted by Crippen LogP contribution is 2.45. The molecule has 0 bridgehead atoms. The lowest BCUT2D eigenvalue weighted by Gasteiger charge is -2.30. The maximum absolute atomic E-state index is 13.6. The molecule has 0 atom stereocenters. The number of anilines is 1. The van der Waals surface area contributed by atoms with Gasteiger partial charge >= 0.3 is 0 Å². The molecule has 1 heterocycles. The number of nitrogens with one attached hydrogen (secondary N) is 1. The zero-order chi connectivity index (χ0) is 23.6. The van der Waals surface area contributed by atoms with Crippen molar-refractivity contribution in [1.29, 1.82) is 0 Å². The molecule has 1 aliphatic carbocycles. The largest absolute Gasteiger partial charge is 0.492 e. The van der Waals surface area contributed by atoms with Gasteiger partial charge in [0.25, 0.3) is 0 Å². The van der Waals surface area contributed by atoms with E-state index < -0.39 is 15.4 Å². The van der Waals surface area contributed by atoms with Gasteiger partial charge in [0, 0.05) is 19.8 Å². The summed E-state index contributed by atoms with van der Waals surface area (Å²) in [5, 5.41) is 2.97. The number of benzene rings is 2. The lowest BCUT2D eigenvalue weighted by Crippen LogP contribution is -2.38. The molecule has 1 fully saturated rings. The standard InChI is InChI=1S/C24H30N2O6S/c1-4-30-20-10-8-18(16-22(20)33(28,29)26(2)3)25-23(27)24(11-5-6-12-24)17-7-9-19-21(15-17)32-14-13-31-19/h7-10,15-16H,4-6,11-14H2,1-3H3,(H,25,27). The van der Waals surface area contributed by atoms with Crippen LogP contribution >= 0.6 is 0 Å². The van der Waals surface area contributed by atoms with Crippen LogP contribution in [0.1, 0.15) is 38.2 Å². The Morgan fingerprint density at radius 3 is 2.42 bits per heavy atom. The molecule has 0 spiro atoms. The van der Waals surface area contributed by atoms with Crippen molar-refractivity contribution in [1.82, 2.24) is 4.31 Å². The van der Waals surface area contributed by atoms with E-state index in [1.165, 1.54) is 20.2 Å². The predicted molar refractivity (Wildman–Crippen MR) is 125 cm³/mol. The van der Waals surface area contributed by atoms with Crippen LogP contribution in [-0.4, -0.2) is 52.5 Å². The van der Waals surface area contributed by atoms with Gasteiger partial charge in [0.15, 0.2) is 11.5 Å². The lowest BCUT2D eigenvalue weighted by atomic mass is 9.77. The number of ether oxygens (including phenoxy) is 3. The first-order valence-electron chi connectivity index (χ1n) is 11.2. The Kier molecular flexibility index (Phi) is 6.54. The molecular weight excluding hydrogens is 444 g/mol. The maximum atomic E-state index is 13.6. The SMILES string of the molecule is CCOc1ccc(NC(=O)C2(c3ccc4c(c3)OCCO4)CCCC2)cc1S(=O)(=O)N(C)C. The van der Waals surface area contributed by atoms with E-state index in [2.05, 4.69) is 5.32 Å². The fourth-order valence-corrected chi connectivity index (χ4v) is 5.53. The number of carbonyl (C=O) groups excluding carboxylic acids is 1. The van der Waals surface area contributed by atoms with Gasteiger partial charge < -0.3 is 19.5 Å². The Morgan fingerprint density at radius 2 is 1.76 bits per heavy atom. The van der Waals surface area contributed by atoms with Gasteiger partial charge in [-0.3, -0.25) is 4.79 Å². The highest BCUT2D eigenvalue weighted by molar-refractivity contribution is 7.89. The Hall–Kier alpha value is -2.78. The molecule has 0 saturated heterocycles. The molecule has 1 N–H and O–H groups in total. The van der Waals surface area contributed by atoms with Crippen LogP contribution in [0, 0.1) is 0 Å². The Labute approximate surface area is 194 Å². The van der Waals surface area contributed by atoms with Crippen LogP contribution in [0.4, 0.5) is 5.69 Å². The number of amides is 1. The Bertz CT molecular complexity index is 1140. The zero-order valence-electron chi connectivity index (χ0n) is 19.2. The molecule has 4 rings (SSSR count). The van der Waals surface area contributed by atoms with Crippen molar-refractivity contribution >= 4 is 21.6 Å². The van der Waals surface area contributed by atoms with Gasteiger partial charge in [-0.1, -0.05) is 18.9 Å². The Morgan fingerprint density at radius 1 is 1.06 bits per heavy atom. The minimum Gasteiger partial charge on any atom is -0.492 e. The van der Waals surface area contributed by atoms with Crippen LogP contribution in [0.25, 0.3) is 0 Å². The number of carbonyl (C=O) groups is 1. The van der Waals surface area contributed by atoms with E-state index >= 15 is 0 Å². The highest BCUT2D eigenvalue weighted by Gasteiger charge is 2.43. The highest BCUT2D eigenvalue weighted by atomic mass is 32.2. The second-order valence-corrected chi connectivity index (χ2v) is 10.6. The molecule has 8 nitrogen and oxygen atoms in total. The zero-order valence-corrected chi connectivity index (χ0v) is 20.0. The smallest absolute Gasteiger partial charge is 0.246 e. The summed E-state index contributed by atoms with van der Waals surface area (Å²) >= 11 is 0. The van der Waals surface area contributed by atoms with E-state index in [0.717, 1.165) is 22.7 Å². The number of fused-ring (bicyclic) bond motifs is 1. The van der Waals surface area contributed by atoms with Crippen LogP contribution in [0.5, 0.6) is 17.2 Å². The first-order chi connectivity index (χ1) is 15.8. The summed E-state index contributed by atoms with van der Waals surface area (Å²) in [6, 6.07) is 10.4. The third-order valence-corrected chi connectivity index (χ3v) is 8.08. The summed E-state index contributed by atoms with van der Waals surface area (Å²) in [4.78, 5) is 13.7. The molecule has 2 aliphatic rings. The van der Waals surface area contributed by atoms with Crippen molar-refractivity contribution in [2.75, 3.05) is 39.2 Å². The summed E-state index contributed by atoms with van der Waals surface area (Å²) in [6.07, 6.45) is 3.29. The summed E-state index contributed by atoms with van der Waals surface area (Å²) < 4.78 is 43.7. The molecule has 1 saturated carbocycles. The maximum Gasteiger partial charge on any atom is 0.246 e. The summed E-state index contributed by atoms with van der Waals surface area (Å²) in [7, 11) is -0.830. The van der Waals surface area contributed by atoms with E-state index in [1.54, 1.807) is 19.1 Å². The van der Waals surface area contributed by atoms with E-state index in [0.29, 0.717) is 49.8 Å². The molecule has 0 radical (unpaired) electrons. The quantitative estimate of drug-likeness (QED) is 0.660. The van der Waals surface area contributed by atoms with Crippen molar-refractivity contribution in [3.8, 4) is 17.2 Å². The van der Waals surface area contributed by atoms with E-state index in [4.69, 9.17) is 14.2 Å². The number of rotatable bonds is 7. The van der Waals surface area contributed by atoms with Crippen LogP contribution in [0.3, 0.4) is 0 Å². The average molecular weight is 475 g/mol. The third kappa shape index (κ3) is 4.39. The van der Waals surface area contributed by atoms with Crippen LogP contribution < -0.4 is 19.5 Å². The van der Waals surface area contributed by atoms with Gasteiger partial charge in [-0.05, 0) is 55.7 Å². The van der Waals surface area contributed by atoms with Crippen molar-refractivity contribution in [3.63, 3.8) is 0 Å². The van der Waals surface area contributed by atoms with Crippen molar-refractivity contribution in [2.24, 2.45) is 0 Å². The normalized spacial score (nSPS) is 17.1. The molecule has 2 aromatic carbocycles. The van der Waals surface area contributed by atoms with Gasteiger partial charge in [0.1, 0.15) is 23.9 Å². The third-order valence-electron chi connectivity index (χ3n) is 6.25. The van der Waals surface area contributed by atoms with Crippen LogP contribution in [0.15, 0.2) is 41.3 Å². The molecule has 0 aromatic heterocycles. The van der Waals surface area contributed by atoms with Gasteiger partial charge in [-0.2, -0.15) is 0 Å². The minimum absolute atomic E-state index is 0.0203. The van der Waals surface area contributed by atoms with E-state index in [-0.39, 0.29) is 16.6 Å². The first-order valence-corrected chi connectivity index (χ1v) is 12.6. The van der Waals surface area contributed by atoms with Crippen molar-refractivity contribution < 1.29 is 27.4 Å². The molecule has 0 unspecified atom stereocenters. The van der Waals surface area contributed by atoms with Gasteiger partial charge in [-0.15, -0.1) is 0 Å². The predicted octanol–water partition coefficient (Wildman–Crippen LogP) is 3.56. The minimum atomic E-state index is -3.76. The first kappa shape index (κ1) is 23.4. The van der Waals surface area contributed by atoms with Crippen LogP contribution in [0.2, 0.25) is 0 Å². The molecule has 1 aliphatic heterocycles. The number of nitrogens with zero attached hydrogens (tertiary/aromatic N) is 1. The molecule has 1 amide bonds. The van der Waals surface area contributed by atoms with Gasteiger partial charge in [0.2, 0.25) is 15.9 Å². The van der Waals surface area contributed by atoms with Crippen LogP contribution in [-0.2, 0) is 20.2 Å². The van der Waals surface area contributed by atoms with E-state index in [9.17, 15) is 13.2 Å². The second-order valence-electron chi connectivity index (χ2n) is 8.48. The topological polar surface area (TPSA) is 94.2 Å². The molecule has 178 valence electrons. The summed E-state index contributed by atoms with van der Waals surface area (Å²) in [5.74, 6) is 1.43. The molecule has 33 heavy (non-hydrogen) atoms. The number of hydrogen-bond donors (Lipinski definition) is 1. The molecular formula is C24H30N2O6S. The van der Waals surface area contributed by atoms with Crippen molar-refractivity contribution in [3.05, 3.63) is 42.0 Å². The second kappa shape index (κ2) is 9.23. The summed E-state index contributed by atoms with van der Waals surface area (Å²) in [6.45, 7) is 3.10. The summed E-state index contributed by atoms with van der Waals surface area (Å²) in [5.41, 5.74) is 0.580. The number of sulfonamides is 1. The van der Waals surface area contributed by atoms with Gasteiger partial charge in [0.05, 0.1) is 12.0 Å². The fourth-order valence-electron chi connectivity index (χ4n) is 4.48. The molecule has 2 aromatic rings. The van der Waals surface area contributed by atoms with E-state index in [1.807, 2.05) is 18.2 Å². The molecule has 9 heteroatoms. The van der Waals surface area contributed by atoms with Gasteiger partial charge in [-0.25, -0.2) is 12.7 Å². The number of hydrogen-bond acceptors (Lipinski definition) is 6. The van der Waals surface area contributed by atoms with Crippen molar-refractivity contribution in [2.45, 2.75) is 42.9 Å².